The number of aromatic nitrogens is 3. The Labute approximate surface area is 137 Å². The maximum Gasteiger partial charge on any atom is 0.280 e. The van der Waals surface area contributed by atoms with Crippen molar-refractivity contribution in [3.05, 3.63) is 41.2 Å². The van der Waals surface area contributed by atoms with Gasteiger partial charge >= 0.3 is 0 Å². The van der Waals surface area contributed by atoms with Crippen molar-refractivity contribution in [1.82, 2.24) is 15.3 Å². The Morgan fingerprint density at radius 1 is 1.09 bits per heavy atom. The number of hydrogen-bond acceptors (Lipinski definition) is 6. The summed E-state index contributed by atoms with van der Waals surface area (Å²) in [6, 6.07) is 9.12. The fourth-order valence-corrected chi connectivity index (χ4v) is 3.15. The van der Waals surface area contributed by atoms with Gasteiger partial charge in [-0.05, 0) is 25.0 Å². The van der Waals surface area contributed by atoms with Gasteiger partial charge in [0.25, 0.3) is 5.89 Å². The van der Waals surface area contributed by atoms with E-state index in [4.69, 9.17) is 26.4 Å². The Hall–Kier alpha value is -2.18. The van der Waals surface area contributed by atoms with Gasteiger partial charge in [0, 0.05) is 11.6 Å². The predicted molar refractivity (Wildman–Crippen MR) is 84.6 cm³/mol. The normalized spacial score (nSPS) is 16.8. The van der Waals surface area contributed by atoms with Crippen LogP contribution in [0.25, 0.3) is 22.9 Å². The lowest BCUT2D eigenvalue weighted by Crippen LogP contribution is -2.34. The number of rotatable bonds is 3. The Morgan fingerprint density at radius 2 is 1.87 bits per heavy atom. The van der Waals surface area contributed by atoms with E-state index in [1.165, 1.54) is 0 Å². The average molecular weight is 331 g/mol. The molecule has 0 radical (unpaired) electrons. The molecule has 0 saturated heterocycles. The first-order chi connectivity index (χ1) is 11.2. The highest BCUT2D eigenvalue weighted by molar-refractivity contribution is 6.33. The molecule has 1 aliphatic carbocycles. The first-order valence-electron chi connectivity index (χ1n) is 7.51. The Balaban J connectivity index is 1.65. The van der Waals surface area contributed by atoms with E-state index in [-0.39, 0.29) is 0 Å². The van der Waals surface area contributed by atoms with Crippen molar-refractivity contribution in [2.75, 3.05) is 0 Å². The fourth-order valence-electron chi connectivity index (χ4n) is 2.92. The Kier molecular flexibility index (Phi) is 3.43. The number of nitrogens with two attached hydrogens (primary N) is 1. The first kappa shape index (κ1) is 14.4. The lowest BCUT2D eigenvalue weighted by atomic mass is 9.99. The summed E-state index contributed by atoms with van der Waals surface area (Å²) in [5.41, 5.74) is 7.09. The summed E-state index contributed by atoms with van der Waals surface area (Å²) >= 11 is 6.17. The van der Waals surface area contributed by atoms with Gasteiger partial charge in [0.05, 0.1) is 10.6 Å². The maximum atomic E-state index is 6.34. The number of nitrogens with zero attached hydrogens (tertiary/aromatic N) is 3. The van der Waals surface area contributed by atoms with Gasteiger partial charge in [0.1, 0.15) is 0 Å². The third kappa shape index (κ3) is 2.54. The molecule has 1 aliphatic rings. The Bertz CT molecular complexity index is 836. The summed E-state index contributed by atoms with van der Waals surface area (Å²) in [6.45, 7) is 0. The molecule has 4 rings (SSSR count). The van der Waals surface area contributed by atoms with E-state index in [1.54, 1.807) is 12.1 Å². The van der Waals surface area contributed by atoms with Crippen molar-refractivity contribution in [2.45, 2.75) is 31.2 Å². The molecule has 0 aliphatic heterocycles. The average Bonchev–Trinajstić information content (AvgIpc) is 3.27. The minimum Gasteiger partial charge on any atom is -0.355 e. The van der Waals surface area contributed by atoms with E-state index in [2.05, 4.69) is 15.3 Å². The molecular formula is C16H15ClN4O2. The van der Waals surface area contributed by atoms with Crippen molar-refractivity contribution in [3.63, 3.8) is 0 Å². The maximum absolute atomic E-state index is 6.34. The second-order valence-corrected chi connectivity index (χ2v) is 6.25. The smallest absolute Gasteiger partial charge is 0.280 e. The van der Waals surface area contributed by atoms with Crippen LogP contribution in [0, 0.1) is 0 Å². The summed E-state index contributed by atoms with van der Waals surface area (Å²) in [7, 11) is 0. The fraction of sp³-hybridized carbons (Fsp3) is 0.312. The molecular weight excluding hydrogens is 316 g/mol. The minimum atomic E-state index is -0.489. The van der Waals surface area contributed by atoms with Crippen molar-refractivity contribution in [1.29, 1.82) is 0 Å². The van der Waals surface area contributed by atoms with Gasteiger partial charge < -0.3 is 14.8 Å². The van der Waals surface area contributed by atoms with Gasteiger partial charge in [0.2, 0.25) is 0 Å². The van der Waals surface area contributed by atoms with E-state index in [9.17, 15) is 0 Å². The van der Waals surface area contributed by atoms with Gasteiger partial charge in [-0.25, -0.2) is 0 Å². The zero-order valence-corrected chi connectivity index (χ0v) is 13.1. The van der Waals surface area contributed by atoms with Gasteiger partial charge in [-0.1, -0.05) is 46.9 Å². The number of halogens is 1. The highest BCUT2D eigenvalue weighted by Gasteiger charge is 2.36. The van der Waals surface area contributed by atoms with Crippen LogP contribution in [0.15, 0.2) is 39.4 Å². The van der Waals surface area contributed by atoms with Gasteiger partial charge in [0.15, 0.2) is 17.3 Å². The molecule has 6 nitrogen and oxygen atoms in total. The molecule has 2 heterocycles. The third-order valence-electron chi connectivity index (χ3n) is 4.24. The molecule has 2 aromatic heterocycles. The number of benzene rings is 1. The van der Waals surface area contributed by atoms with Gasteiger partial charge in [-0.3, -0.25) is 0 Å². The van der Waals surface area contributed by atoms with Crippen LogP contribution in [0.5, 0.6) is 0 Å². The SMILES string of the molecule is NC1(c2noc(-c3cc(-c4ccccc4Cl)on3)n2)CCCC1. The molecule has 1 aromatic carbocycles. The van der Waals surface area contributed by atoms with Gasteiger partial charge in [-0.2, -0.15) is 4.98 Å². The topological polar surface area (TPSA) is 91.0 Å². The van der Waals surface area contributed by atoms with Crippen molar-refractivity contribution >= 4 is 11.6 Å². The summed E-state index contributed by atoms with van der Waals surface area (Å²) in [5, 5.41) is 8.61. The minimum absolute atomic E-state index is 0.304. The van der Waals surface area contributed by atoms with Crippen LogP contribution >= 0.6 is 11.6 Å². The highest BCUT2D eigenvalue weighted by Crippen LogP contribution is 2.36. The number of hydrogen-bond donors (Lipinski definition) is 1. The van der Waals surface area contributed by atoms with Crippen molar-refractivity contribution in [3.8, 4) is 22.9 Å². The summed E-state index contributed by atoms with van der Waals surface area (Å²) in [4.78, 5) is 4.41. The van der Waals surface area contributed by atoms with Crippen LogP contribution < -0.4 is 5.73 Å². The zero-order chi connectivity index (χ0) is 15.9. The van der Waals surface area contributed by atoms with E-state index >= 15 is 0 Å². The molecule has 1 saturated carbocycles. The molecule has 7 heteroatoms. The van der Waals surface area contributed by atoms with Crippen LogP contribution in [0.3, 0.4) is 0 Å². The summed E-state index contributed by atoms with van der Waals surface area (Å²) < 4.78 is 10.7. The van der Waals surface area contributed by atoms with E-state index in [0.717, 1.165) is 31.2 Å². The monoisotopic (exact) mass is 330 g/mol. The molecule has 0 amide bonds. The molecule has 0 spiro atoms. The zero-order valence-electron chi connectivity index (χ0n) is 12.3. The first-order valence-corrected chi connectivity index (χ1v) is 7.89. The third-order valence-corrected chi connectivity index (χ3v) is 4.57. The Morgan fingerprint density at radius 3 is 2.65 bits per heavy atom. The summed E-state index contributed by atoms with van der Waals surface area (Å²) in [6.07, 6.45) is 3.91. The van der Waals surface area contributed by atoms with Crippen LogP contribution in [0.2, 0.25) is 5.02 Å². The van der Waals surface area contributed by atoms with E-state index < -0.39 is 5.54 Å². The standard InChI is InChI=1S/C16H15ClN4O2/c17-11-6-2-1-5-10(11)13-9-12(20-22-13)14-19-15(21-23-14)16(18)7-3-4-8-16/h1-2,5-6,9H,3-4,7-8,18H2. The van der Waals surface area contributed by atoms with Crippen molar-refractivity contribution in [2.24, 2.45) is 5.73 Å². The van der Waals surface area contributed by atoms with Crippen LogP contribution in [-0.4, -0.2) is 15.3 Å². The quantitative estimate of drug-likeness (QED) is 0.786. The van der Waals surface area contributed by atoms with Crippen LogP contribution in [0.1, 0.15) is 31.5 Å². The van der Waals surface area contributed by atoms with Crippen LogP contribution in [0.4, 0.5) is 0 Å². The molecule has 118 valence electrons. The lowest BCUT2D eigenvalue weighted by Gasteiger charge is -2.17. The van der Waals surface area contributed by atoms with Crippen LogP contribution in [-0.2, 0) is 5.54 Å². The largest absolute Gasteiger partial charge is 0.355 e. The molecule has 23 heavy (non-hydrogen) atoms. The second-order valence-electron chi connectivity index (χ2n) is 5.84. The second kappa shape index (κ2) is 5.47. The van der Waals surface area contributed by atoms with Gasteiger partial charge in [-0.15, -0.1) is 0 Å². The highest BCUT2D eigenvalue weighted by atomic mass is 35.5. The van der Waals surface area contributed by atoms with E-state index in [0.29, 0.717) is 28.2 Å². The molecule has 1 fully saturated rings. The predicted octanol–water partition coefficient (Wildman–Crippen LogP) is 3.77. The molecule has 0 unspecified atom stereocenters. The van der Waals surface area contributed by atoms with Crippen molar-refractivity contribution < 1.29 is 9.05 Å². The van der Waals surface area contributed by atoms with E-state index in [1.807, 2.05) is 18.2 Å². The lowest BCUT2D eigenvalue weighted by molar-refractivity contribution is 0.370. The molecule has 3 aromatic rings. The molecule has 2 N–H and O–H groups in total. The molecule has 0 atom stereocenters. The molecule has 0 bridgehead atoms. The summed E-state index contributed by atoms with van der Waals surface area (Å²) in [5.74, 6) is 1.39.